The predicted molar refractivity (Wildman–Crippen MR) is 95.5 cm³/mol. The summed E-state index contributed by atoms with van der Waals surface area (Å²) in [5.41, 5.74) is 2.31. The van der Waals surface area contributed by atoms with Crippen molar-refractivity contribution in [2.75, 3.05) is 6.54 Å². The Morgan fingerprint density at radius 3 is 2.74 bits per heavy atom. The van der Waals surface area contributed by atoms with Crippen molar-refractivity contribution in [3.05, 3.63) is 30.1 Å². The minimum Gasteiger partial charge on any atom is -0.356 e. The first-order valence-electron chi connectivity index (χ1n) is 8.97. The van der Waals surface area contributed by atoms with E-state index in [1.807, 2.05) is 13.0 Å². The van der Waals surface area contributed by atoms with Crippen LogP contribution in [0.4, 0.5) is 0 Å². The van der Waals surface area contributed by atoms with Crippen LogP contribution in [0.3, 0.4) is 0 Å². The smallest absolute Gasteiger partial charge is 0.219 e. The summed E-state index contributed by atoms with van der Waals surface area (Å²) in [6, 6.07) is 8.37. The number of hydrogen-bond acceptors (Lipinski definition) is 2. The Labute approximate surface area is 139 Å². The van der Waals surface area contributed by atoms with Crippen LogP contribution in [-0.2, 0) is 17.8 Å². The largest absolute Gasteiger partial charge is 0.356 e. The van der Waals surface area contributed by atoms with Crippen LogP contribution >= 0.6 is 0 Å². The number of aromatic nitrogens is 2. The van der Waals surface area contributed by atoms with E-state index in [0.717, 1.165) is 37.3 Å². The average Bonchev–Trinajstić information content (AvgIpc) is 2.93. The maximum atomic E-state index is 11.3. The lowest BCUT2D eigenvalue weighted by atomic mass is 10.2. The van der Waals surface area contributed by atoms with Crippen LogP contribution in [0.2, 0.25) is 0 Å². The highest BCUT2D eigenvalue weighted by Gasteiger charge is 2.10. The van der Waals surface area contributed by atoms with Crippen LogP contribution in [0, 0.1) is 0 Å². The van der Waals surface area contributed by atoms with E-state index in [1.54, 1.807) is 0 Å². The molecule has 1 aromatic carbocycles. The fraction of sp³-hybridized carbons (Fsp3) is 0.579. The molecule has 1 N–H and O–H groups in total. The Hall–Kier alpha value is -1.84. The van der Waals surface area contributed by atoms with Crippen molar-refractivity contribution in [1.29, 1.82) is 0 Å². The molecule has 0 atom stereocenters. The number of benzene rings is 1. The van der Waals surface area contributed by atoms with Crippen LogP contribution < -0.4 is 5.32 Å². The number of hydrogen-bond donors (Lipinski definition) is 1. The van der Waals surface area contributed by atoms with Gasteiger partial charge in [-0.15, -0.1) is 0 Å². The molecule has 0 unspecified atom stereocenters. The Morgan fingerprint density at radius 2 is 1.96 bits per heavy atom. The van der Waals surface area contributed by atoms with Crippen LogP contribution in [0.5, 0.6) is 0 Å². The second kappa shape index (κ2) is 9.33. The fourth-order valence-corrected chi connectivity index (χ4v) is 2.86. The molecule has 0 saturated heterocycles. The Kier molecular flexibility index (Phi) is 7.11. The lowest BCUT2D eigenvalue weighted by Crippen LogP contribution is -2.23. The van der Waals surface area contributed by atoms with Gasteiger partial charge in [0, 0.05) is 25.9 Å². The molecule has 0 aliphatic heterocycles. The molecular weight excluding hydrogens is 286 g/mol. The van der Waals surface area contributed by atoms with Gasteiger partial charge in [-0.25, -0.2) is 4.98 Å². The highest BCUT2D eigenvalue weighted by atomic mass is 16.1. The quantitative estimate of drug-likeness (QED) is 0.672. The van der Waals surface area contributed by atoms with Crippen molar-refractivity contribution in [3.8, 4) is 0 Å². The lowest BCUT2D eigenvalue weighted by Gasteiger charge is -2.09. The molecule has 0 aliphatic rings. The molecule has 0 fully saturated rings. The van der Waals surface area contributed by atoms with Gasteiger partial charge in [0.15, 0.2) is 0 Å². The SMILES string of the molecule is CCCCCCn1c(CCCNC(=O)CC)nc2ccccc21. The number of fused-ring (bicyclic) bond motifs is 1. The van der Waals surface area contributed by atoms with E-state index in [4.69, 9.17) is 4.98 Å². The van der Waals surface area contributed by atoms with E-state index in [2.05, 4.69) is 35.0 Å². The van der Waals surface area contributed by atoms with E-state index >= 15 is 0 Å². The summed E-state index contributed by atoms with van der Waals surface area (Å²) in [4.78, 5) is 16.1. The monoisotopic (exact) mass is 315 g/mol. The van der Waals surface area contributed by atoms with Crippen molar-refractivity contribution in [3.63, 3.8) is 0 Å². The molecule has 0 spiro atoms. The molecule has 2 aromatic rings. The minimum absolute atomic E-state index is 0.123. The number of imidazole rings is 1. The Bertz CT molecular complexity index is 618. The molecule has 0 radical (unpaired) electrons. The first-order chi connectivity index (χ1) is 11.3. The maximum Gasteiger partial charge on any atom is 0.219 e. The van der Waals surface area contributed by atoms with Crippen molar-refractivity contribution in [2.45, 2.75) is 65.3 Å². The van der Waals surface area contributed by atoms with E-state index in [-0.39, 0.29) is 5.91 Å². The van der Waals surface area contributed by atoms with Gasteiger partial charge in [0.05, 0.1) is 11.0 Å². The summed E-state index contributed by atoms with van der Waals surface area (Å²) in [5.74, 6) is 1.27. The van der Waals surface area contributed by atoms with Gasteiger partial charge in [0.25, 0.3) is 0 Å². The highest BCUT2D eigenvalue weighted by Crippen LogP contribution is 2.18. The molecular formula is C19H29N3O. The summed E-state index contributed by atoms with van der Waals surface area (Å²) in [5, 5.41) is 2.94. The number of nitrogens with one attached hydrogen (secondary N) is 1. The normalized spacial score (nSPS) is 11.0. The number of aryl methyl sites for hydroxylation is 2. The number of carbonyl (C=O) groups is 1. The van der Waals surface area contributed by atoms with Crippen LogP contribution in [0.1, 0.15) is 58.2 Å². The number of unbranched alkanes of at least 4 members (excludes halogenated alkanes) is 3. The zero-order chi connectivity index (χ0) is 16.5. The van der Waals surface area contributed by atoms with Crippen molar-refractivity contribution >= 4 is 16.9 Å². The van der Waals surface area contributed by atoms with E-state index in [9.17, 15) is 4.79 Å². The van der Waals surface area contributed by atoms with E-state index in [1.165, 1.54) is 31.2 Å². The first kappa shape index (κ1) is 17.5. The lowest BCUT2D eigenvalue weighted by molar-refractivity contribution is -0.120. The predicted octanol–water partition coefficient (Wildman–Crippen LogP) is 4.08. The average molecular weight is 315 g/mol. The van der Waals surface area contributed by atoms with Crippen molar-refractivity contribution in [1.82, 2.24) is 14.9 Å². The molecule has 23 heavy (non-hydrogen) atoms. The number of carbonyl (C=O) groups excluding carboxylic acids is 1. The number of para-hydroxylation sites is 2. The maximum absolute atomic E-state index is 11.3. The van der Waals surface area contributed by atoms with Crippen molar-refractivity contribution < 1.29 is 4.79 Å². The van der Waals surface area contributed by atoms with Crippen molar-refractivity contribution in [2.24, 2.45) is 0 Å². The second-order valence-corrected chi connectivity index (χ2v) is 6.04. The molecule has 2 rings (SSSR count). The molecule has 1 amide bonds. The fourth-order valence-electron chi connectivity index (χ4n) is 2.86. The molecule has 0 saturated carbocycles. The molecule has 126 valence electrons. The Morgan fingerprint density at radius 1 is 1.13 bits per heavy atom. The molecule has 1 heterocycles. The zero-order valence-electron chi connectivity index (χ0n) is 14.5. The summed E-state index contributed by atoms with van der Waals surface area (Å²) in [7, 11) is 0. The number of nitrogens with zero attached hydrogens (tertiary/aromatic N) is 2. The molecule has 4 nitrogen and oxygen atoms in total. The van der Waals surface area contributed by atoms with Crippen LogP contribution in [0.15, 0.2) is 24.3 Å². The number of amides is 1. The molecule has 0 aliphatic carbocycles. The van der Waals surface area contributed by atoms with Crippen LogP contribution in [0.25, 0.3) is 11.0 Å². The van der Waals surface area contributed by atoms with Gasteiger partial charge in [-0.3, -0.25) is 4.79 Å². The first-order valence-corrected chi connectivity index (χ1v) is 8.97. The summed E-state index contributed by atoms with van der Waals surface area (Å²) in [6.07, 6.45) is 7.43. The second-order valence-electron chi connectivity index (χ2n) is 6.04. The summed E-state index contributed by atoms with van der Waals surface area (Å²) < 4.78 is 2.37. The highest BCUT2D eigenvalue weighted by molar-refractivity contribution is 5.76. The third-order valence-corrected chi connectivity index (χ3v) is 4.19. The summed E-state index contributed by atoms with van der Waals surface area (Å²) >= 11 is 0. The van der Waals surface area contributed by atoms with E-state index < -0.39 is 0 Å². The Balaban J connectivity index is 2.00. The summed E-state index contributed by atoms with van der Waals surface area (Å²) in [6.45, 7) is 5.89. The van der Waals surface area contributed by atoms with Gasteiger partial charge in [-0.1, -0.05) is 45.2 Å². The standard InChI is InChI=1S/C19H29N3O/c1-3-5-6-9-15-22-17-12-8-7-11-16(17)21-18(22)13-10-14-20-19(23)4-2/h7-8,11-12H,3-6,9-10,13-15H2,1-2H3,(H,20,23). The van der Waals surface area contributed by atoms with Gasteiger partial charge in [0.2, 0.25) is 5.91 Å². The number of rotatable bonds is 10. The molecule has 0 bridgehead atoms. The zero-order valence-corrected chi connectivity index (χ0v) is 14.5. The molecule has 1 aromatic heterocycles. The van der Waals surface area contributed by atoms with Crippen LogP contribution in [-0.4, -0.2) is 22.0 Å². The van der Waals surface area contributed by atoms with Gasteiger partial charge in [-0.2, -0.15) is 0 Å². The molecule has 4 heteroatoms. The van der Waals surface area contributed by atoms with Gasteiger partial charge >= 0.3 is 0 Å². The topological polar surface area (TPSA) is 46.9 Å². The van der Waals surface area contributed by atoms with Gasteiger partial charge in [-0.05, 0) is 25.0 Å². The van der Waals surface area contributed by atoms with E-state index in [0.29, 0.717) is 6.42 Å². The third-order valence-electron chi connectivity index (χ3n) is 4.19. The van der Waals surface area contributed by atoms with Gasteiger partial charge in [0.1, 0.15) is 5.82 Å². The minimum atomic E-state index is 0.123. The third kappa shape index (κ3) is 5.08. The van der Waals surface area contributed by atoms with Gasteiger partial charge < -0.3 is 9.88 Å².